The summed E-state index contributed by atoms with van der Waals surface area (Å²) in [5, 5.41) is 2.70. The van der Waals surface area contributed by atoms with Gasteiger partial charge in [-0.15, -0.1) is 0 Å². The zero-order valence-electron chi connectivity index (χ0n) is 14.5. The van der Waals surface area contributed by atoms with E-state index in [0.29, 0.717) is 12.0 Å². The van der Waals surface area contributed by atoms with Crippen molar-refractivity contribution in [1.29, 1.82) is 0 Å². The summed E-state index contributed by atoms with van der Waals surface area (Å²) in [5.41, 5.74) is 2.73. The Kier molecular flexibility index (Phi) is 6.39. The van der Waals surface area contributed by atoms with Crippen molar-refractivity contribution in [2.24, 2.45) is 0 Å². The standard InChI is InChI=1S/C18H29NO3/c1-12(2)16(20)15(19-17(21)22-18(4,5)6)11-10-14-9-7-8-13(14)3/h15H,1,7-11H2,2-6H3,(H,19,21)/t15-/m0/s1. The first-order valence-corrected chi connectivity index (χ1v) is 7.97. The average molecular weight is 307 g/mol. The quantitative estimate of drug-likeness (QED) is 0.588. The Bertz CT molecular complexity index is 483. The number of ether oxygens (including phenoxy) is 1. The molecule has 0 saturated carbocycles. The summed E-state index contributed by atoms with van der Waals surface area (Å²) in [6, 6.07) is -0.562. The van der Waals surface area contributed by atoms with Gasteiger partial charge in [0.1, 0.15) is 5.60 Å². The van der Waals surface area contributed by atoms with E-state index in [1.54, 1.807) is 27.7 Å². The largest absolute Gasteiger partial charge is 0.444 e. The lowest BCUT2D eigenvalue weighted by Gasteiger charge is -2.23. The van der Waals surface area contributed by atoms with Crippen molar-refractivity contribution in [2.75, 3.05) is 0 Å². The van der Waals surface area contributed by atoms with Crippen LogP contribution in [0.3, 0.4) is 0 Å². The third-order valence-corrected chi connectivity index (χ3v) is 3.80. The Labute approximate surface area is 134 Å². The lowest BCUT2D eigenvalue weighted by molar-refractivity contribution is -0.117. The van der Waals surface area contributed by atoms with Crippen molar-refractivity contribution in [2.45, 2.75) is 78.4 Å². The highest BCUT2D eigenvalue weighted by atomic mass is 16.6. The Morgan fingerprint density at radius 2 is 1.95 bits per heavy atom. The van der Waals surface area contributed by atoms with E-state index in [1.807, 2.05) is 0 Å². The molecule has 0 bridgehead atoms. The summed E-state index contributed by atoms with van der Waals surface area (Å²) in [7, 11) is 0. The molecule has 0 unspecified atom stereocenters. The second-order valence-corrected chi connectivity index (χ2v) is 7.12. The van der Waals surface area contributed by atoms with Crippen LogP contribution in [0.2, 0.25) is 0 Å². The van der Waals surface area contributed by atoms with E-state index in [1.165, 1.54) is 17.6 Å². The molecule has 4 nitrogen and oxygen atoms in total. The maximum Gasteiger partial charge on any atom is 0.408 e. The molecule has 1 amide bonds. The van der Waals surface area contributed by atoms with Gasteiger partial charge in [0.2, 0.25) is 0 Å². The fourth-order valence-corrected chi connectivity index (χ4v) is 2.63. The Morgan fingerprint density at radius 1 is 1.32 bits per heavy atom. The lowest BCUT2D eigenvalue weighted by atomic mass is 9.98. The van der Waals surface area contributed by atoms with Crippen molar-refractivity contribution in [3.05, 3.63) is 23.3 Å². The highest BCUT2D eigenvalue weighted by Gasteiger charge is 2.25. The summed E-state index contributed by atoms with van der Waals surface area (Å²) in [6.07, 6.45) is 4.33. The molecule has 4 heteroatoms. The number of nitrogens with one attached hydrogen (secondary N) is 1. The number of hydrogen-bond acceptors (Lipinski definition) is 3. The molecule has 0 radical (unpaired) electrons. The van der Waals surface area contributed by atoms with Crippen LogP contribution in [0.15, 0.2) is 23.3 Å². The normalized spacial score (nSPS) is 16.4. The highest BCUT2D eigenvalue weighted by molar-refractivity contribution is 5.99. The lowest BCUT2D eigenvalue weighted by Crippen LogP contribution is -2.43. The number of ketones is 1. The molecule has 0 aliphatic heterocycles. The van der Waals surface area contributed by atoms with E-state index >= 15 is 0 Å². The first-order chi connectivity index (χ1) is 10.1. The monoisotopic (exact) mass is 307 g/mol. The van der Waals surface area contributed by atoms with Gasteiger partial charge in [0.05, 0.1) is 6.04 Å². The maximum absolute atomic E-state index is 12.2. The van der Waals surface area contributed by atoms with Gasteiger partial charge < -0.3 is 10.1 Å². The molecule has 0 fully saturated rings. The average Bonchev–Trinajstić information content (AvgIpc) is 2.76. The highest BCUT2D eigenvalue weighted by Crippen LogP contribution is 2.29. The Balaban J connectivity index is 2.68. The fraction of sp³-hybridized carbons (Fsp3) is 0.667. The molecular formula is C18H29NO3. The summed E-state index contributed by atoms with van der Waals surface area (Å²) in [5.74, 6) is -0.123. The molecule has 0 aromatic carbocycles. The van der Waals surface area contributed by atoms with Gasteiger partial charge in [0.15, 0.2) is 5.78 Å². The van der Waals surface area contributed by atoms with Crippen LogP contribution in [0.4, 0.5) is 4.79 Å². The van der Waals surface area contributed by atoms with Crippen LogP contribution in [-0.4, -0.2) is 23.5 Å². The van der Waals surface area contributed by atoms with Crippen molar-refractivity contribution in [1.82, 2.24) is 5.32 Å². The summed E-state index contributed by atoms with van der Waals surface area (Å²) in [6.45, 7) is 12.9. The van der Waals surface area contributed by atoms with E-state index in [-0.39, 0.29) is 5.78 Å². The van der Waals surface area contributed by atoms with Gasteiger partial charge in [-0.2, -0.15) is 0 Å². The van der Waals surface area contributed by atoms with Crippen LogP contribution in [0.1, 0.15) is 66.7 Å². The molecule has 1 aliphatic rings. The third-order valence-electron chi connectivity index (χ3n) is 3.80. The number of Topliss-reactive ketones (excluding diaryl/α,β-unsaturated/α-hetero) is 1. The molecule has 0 saturated heterocycles. The molecule has 124 valence electrons. The van der Waals surface area contributed by atoms with Gasteiger partial charge in [-0.3, -0.25) is 4.79 Å². The molecule has 1 aliphatic carbocycles. The minimum absolute atomic E-state index is 0.123. The van der Waals surface area contributed by atoms with Crippen LogP contribution in [0.5, 0.6) is 0 Å². The second kappa shape index (κ2) is 7.61. The van der Waals surface area contributed by atoms with Gasteiger partial charge in [-0.05, 0) is 72.3 Å². The van der Waals surface area contributed by atoms with Gasteiger partial charge in [0, 0.05) is 0 Å². The molecule has 0 spiro atoms. The van der Waals surface area contributed by atoms with Gasteiger partial charge in [0.25, 0.3) is 0 Å². The molecule has 1 N–H and O–H groups in total. The number of alkyl carbamates (subject to hydrolysis) is 1. The molecule has 0 aromatic heterocycles. The summed E-state index contributed by atoms with van der Waals surface area (Å²) < 4.78 is 5.25. The molecule has 0 heterocycles. The molecule has 1 rings (SSSR count). The van der Waals surface area contributed by atoms with E-state index in [9.17, 15) is 9.59 Å². The number of carbonyl (C=O) groups excluding carboxylic acids is 2. The number of carbonyl (C=O) groups is 2. The number of hydrogen-bond donors (Lipinski definition) is 1. The first kappa shape index (κ1) is 18.5. The molecule has 1 atom stereocenters. The van der Waals surface area contributed by atoms with Crippen LogP contribution in [-0.2, 0) is 9.53 Å². The number of rotatable bonds is 6. The van der Waals surface area contributed by atoms with Crippen LogP contribution < -0.4 is 5.32 Å². The van der Waals surface area contributed by atoms with Crippen molar-refractivity contribution < 1.29 is 14.3 Å². The summed E-state index contributed by atoms with van der Waals surface area (Å²) >= 11 is 0. The first-order valence-electron chi connectivity index (χ1n) is 7.97. The van der Waals surface area contributed by atoms with Crippen LogP contribution in [0, 0.1) is 0 Å². The zero-order valence-corrected chi connectivity index (χ0v) is 14.5. The van der Waals surface area contributed by atoms with E-state index in [0.717, 1.165) is 19.3 Å². The second-order valence-electron chi connectivity index (χ2n) is 7.12. The predicted molar refractivity (Wildman–Crippen MR) is 88.8 cm³/mol. The third kappa shape index (κ3) is 6.04. The molecule has 0 aromatic rings. The van der Waals surface area contributed by atoms with Crippen LogP contribution in [0.25, 0.3) is 0 Å². The van der Waals surface area contributed by atoms with Gasteiger partial charge in [-0.1, -0.05) is 17.7 Å². The zero-order chi connectivity index (χ0) is 16.9. The van der Waals surface area contributed by atoms with E-state index < -0.39 is 17.7 Å². The predicted octanol–water partition coefficient (Wildman–Crippen LogP) is 4.31. The Morgan fingerprint density at radius 3 is 2.41 bits per heavy atom. The number of allylic oxidation sites excluding steroid dienone is 2. The van der Waals surface area contributed by atoms with E-state index in [4.69, 9.17) is 4.74 Å². The van der Waals surface area contributed by atoms with Crippen molar-refractivity contribution >= 4 is 11.9 Å². The molecule has 22 heavy (non-hydrogen) atoms. The maximum atomic E-state index is 12.2. The molecular weight excluding hydrogens is 278 g/mol. The minimum Gasteiger partial charge on any atom is -0.444 e. The van der Waals surface area contributed by atoms with Crippen molar-refractivity contribution in [3.63, 3.8) is 0 Å². The Hall–Kier alpha value is -1.58. The summed E-state index contributed by atoms with van der Waals surface area (Å²) in [4.78, 5) is 24.2. The van der Waals surface area contributed by atoms with Gasteiger partial charge >= 0.3 is 6.09 Å². The SMILES string of the molecule is C=C(C)C(=O)[C@H](CCC1=C(C)CCC1)NC(=O)OC(C)(C)C. The van der Waals surface area contributed by atoms with Crippen LogP contribution >= 0.6 is 0 Å². The van der Waals surface area contributed by atoms with E-state index in [2.05, 4.69) is 18.8 Å². The fourth-order valence-electron chi connectivity index (χ4n) is 2.63. The van der Waals surface area contributed by atoms with Gasteiger partial charge in [-0.25, -0.2) is 4.79 Å². The minimum atomic E-state index is -0.578. The topological polar surface area (TPSA) is 55.4 Å². The smallest absolute Gasteiger partial charge is 0.408 e. The number of amides is 1. The van der Waals surface area contributed by atoms with Crippen molar-refractivity contribution in [3.8, 4) is 0 Å².